The number of anilines is 1. The van der Waals surface area contributed by atoms with Crippen molar-refractivity contribution in [1.82, 2.24) is 4.31 Å². The lowest BCUT2D eigenvalue weighted by Gasteiger charge is -2.15. The molecule has 1 aliphatic rings. The summed E-state index contributed by atoms with van der Waals surface area (Å²) in [6.45, 7) is 2.46. The molecule has 1 aromatic heterocycles. The number of benzene rings is 1. The van der Waals surface area contributed by atoms with Crippen molar-refractivity contribution in [2.75, 3.05) is 25.0 Å². The number of hydrogen-bond donors (Lipinski definition) is 1. The van der Waals surface area contributed by atoms with Gasteiger partial charge in [0, 0.05) is 18.8 Å². The number of aryl methyl sites for hydroxylation is 1. The first-order chi connectivity index (χ1) is 12.9. The van der Waals surface area contributed by atoms with Crippen LogP contribution in [0.25, 0.3) is 0 Å². The summed E-state index contributed by atoms with van der Waals surface area (Å²) in [6.07, 6.45) is 1.74. The molecule has 0 spiro atoms. The second kappa shape index (κ2) is 8.20. The van der Waals surface area contributed by atoms with Gasteiger partial charge >= 0.3 is 5.97 Å². The average molecular weight is 409 g/mol. The predicted octanol–water partition coefficient (Wildman–Crippen LogP) is 2.64. The summed E-state index contributed by atoms with van der Waals surface area (Å²) >= 11 is 1.26. The Kier molecular flexibility index (Phi) is 5.93. The van der Waals surface area contributed by atoms with Gasteiger partial charge in [0.15, 0.2) is 6.61 Å². The fourth-order valence-electron chi connectivity index (χ4n) is 2.76. The van der Waals surface area contributed by atoms with Crippen molar-refractivity contribution in [3.8, 4) is 0 Å². The van der Waals surface area contributed by atoms with E-state index in [4.69, 9.17) is 4.74 Å². The standard InChI is InChI=1S/C18H20N2O5S2/c1-13-8-11-26-17(13)18(22)25-12-16(21)19-14-4-6-15(7-5-14)27(23,24)20-9-2-3-10-20/h4-8,11H,2-3,9-10,12H2,1H3,(H,19,21). The molecule has 9 heteroatoms. The van der Waals surface area contributed by atoms with E-state index < -0.39 is 28.5 Å². The lowest BCUT2D eigenvalue weighted by Crippen LogP contribution is -2.27. The first kappa shape index (κ1) is 19.5. The first-order valence-corrected chi connectivity index (χ1v) is 10.8. The maximum absolute atomic E-state index is 12.5. The van der Waals surface area contributed by atoms with Crippen LogP contribution in [0, 0.1) is 6.92 Å². The van der Waals surface area contributed by atoms with Crippen LogP contribution in [0.4, 0.5) is 5.69 Å². The fourth-order valence-corrected chi connectivity index (χ4v) is 5.10. The van der Waals surface area contributed by atoms with Crippen molar-refractivity contribution in [1.29, 1.82) is 0 Å². The van der Waals surface area contributed by atoms with Gasteiger partial charge in [0.2, 0.25) is 10.0 Å². The highest BCUT2D eigenvalue weighted by atomic mass is 32.2. The molecule has 2 heterocycles. The lowest BCUT2D eigenvalue weighted by atomic mass is 10.3. The highest BCUT2D eigenvalue weighted by molar-refractivity contribution is 7.89. The summed E-state index contributed by atoms with van der Waals surface area (Å²) < 4.78 is 31.4. The Morgan fingerprint density at radius 1 is 1.15 bits per heavy atom. The molecule has 144 valence electrons. The molecule has 0 bridgehead atoms. The summed E-state index contributed by atoms with van der Waals surface area (Å²) in [5, 5.41) is 4.37. The Bertz CT molecular complexity index is 929. The number of rotatable bonds is 6. The SMILES string of the molecule is Cc1ccsc1C(=O)OCC(=O)Nc1ccc(S(=O)(=O)N2CCCC2)cc1. The smallest absolute Gasteiger partial charge is 0.349 e. The molecular formula is C18H20N2O5S2. The summed E-state index contributed by atoms with van der Waals surface area (Å²) in [6, 6.07) is 7.77. The second-order valence-electron chi connectivity index (χ2n) is 6.19. The first-order valence-electron chi connectivity index (χ1n) is 8.49. The van der Waals surface area contributed by atoms with Crippen LogP contribution in [0.15, 0.2) is 40.6 Å². The van der Waals surface area contributed by atoms with E-state index in [1.54, 1.807) is 18.4 Å². The van der Waals surface area contributed by atoms with Crippen molar-refractivity contribution in [2.45, 2.75) is 24.7 Å². The van der Waals surface area contributed by atoms with Crippen molar-refractivity contribution < 1.29 is 22.7 Å². The molecule has 1 amide bonds. The van der Waals surface area contributed by atoms with E-state index in [9.17, 15) is 18.0 Å². The molecule has 1 fully saturated rings. The van der Waals surface area contributed by atoms with Gasteiger partial charge in [0.25, 0.3) is 5.91 Å². The molecule has 1 aliphatic heterocycles. The monoisotopic (exact) mass is 408 g/mol. The Balaban J connectivity index is 1.55. The van der Waals surface area contributed by atoms with Gasteiger partial charge in [-0.1, -0.05) is 0 Å². The maximum atomic E-state index is 12.5. The van der Waals surface area contributed by atoms with Gasteiger partial charge in [-0.15, -0.1) is 11.3 Å². The number of carbonyl (C=O) groups is 2. The topological polar surface area (TPSA) is 92.8 Å². The Morgan fingerprint density at radius 2 is 1.81 bits per heavy atom. The average Bonchev–Trinajstić information content (AvgIpc) is 3.32. The number of nitrogens with zero attached hydrogens (tertiary/aromatic N) is 1. The van der Waals surface area contributed by atoms with Crippen molar-refractivity contribution in [2.24, 2.45) is 0 Å². The molecule has 0 atom stereocenters. The largest absolute Gasteiger partial charge is 0.451 e. The number of carbonyl (C=O) groups excluding carboxylic acids is 2. The summed E-state index contributed by atoms with van der Waals surface area (Å²) in [5.74, 6) is -1.03. The zero-order valence-electron chi connectivity index (χ0n) is 14.8. The van der Waals surface area contributed by atoms with Crippen LogP contribution in [-0.2, 0) is 19.6 Å². The van der Waals surface area contributed by atoms with E-state index in [-0.39, 0.29) is 4.90 Å². The zero-order chi connectivity index (χ0) is 19.4. The van der Waals surface area contributed by atoms with Gasteiger partial charge in [0.1, 0.15) is 4.88 Å². The Morgan fingerprint density at radius 3 is 2.41 bits per heavy atom. The van der Waals surface area contributed by atoms with Crippen LogP contribution in [0.3, 0.4) is 0 Å². The third-order valence-electron chi connectivity index (χ3n) is 4.22. The van der Waals surface area contributed by atoms with Crippen LogP contribution >= 0.6 is 11.3 Å². The van der Waals surface area contributed by atoms with Gasteiger partial charge in [-0.25, -0.2) is 13.2 Å². The zero-order valence-corrected chi connectivity index (χ0v) is 16.4. The molecule has 27 heavy (non-hydrogen) atoms. The Labute approximate surface area is 162 Å². The number of esters is 1. The van der Waals surface area contributed by atoms with E-state index in [1.807, 2.05) is 0 Å². The van der Waals surface area contributed by atoms with E-state index in [1.165, 1.54) is 39.9 Å². The van der Waals surface area contributed by atoms with Crippen LogP contribution in [-0.4, -0.2) is 44.3 Å². The van der Waals surface area contributed by atoms with Crippen LogP contribution in [0.2, 0.25) is 0 Å². The minimum absolute atomic E-state index is 0.196. The number of nitrogens with one attached hydrogen (secondary N) is 1. The molecule has 7 nitrogen and oxygen atoms in total. The number of hydrogen-bond acceptors (Lipinski definition) is 6. The molecule has 1 saturated heterocycles. The third-order valence-corrected chi connectivity index (χ3v) is 7.13. The lowest BCUT2D eigenvalue weighted by molar-refractivity contribution is -0.119. The molecule has 0 unspecified atom stereocenters. The van der Waals surface area contributed by atoms with Crippen molar-refractivity contribution in [3.05, 3.63) is 46.2 Å². The minimum Gasteiger partial charge on any atom is -0.451 e. The molecule has 2 aromatic rings. The molecule has 1 aromatic carbocycles. The molecule has 0 radical (unpaired) electrons. The van der Waals surface area contributed by atoms with E-state index in [2.05, 4.69) is 5.32 Å². The third kappa shape index (κ3) is 4.55. The molecule has 0 saturated carbocycles. The summed E-state index contributed by atoms with van der Waals surface area (Å²) in [4.78, 5) is 24.5. The predicted molar refractivity (Wildman–Crippen MR) is 102 cm³/mol. The van der Waals surface area contributed by atoms with Gasteiger partial charge < -0.3 is 10.1 Å². The quantitative estimate of drug-likeness (QED) is 0.742. The van der Waals surface area contributed by atoms with Gasteiger partial charge in [-0.3, -0.25) is 4.79 Å². The second-order valence-corrected chi connectivity index (χ2v) is 9.05. The molecule has 1 N–H and O–H groups in total. The normalized spacial score (nSPS) is 14.9. The van der Waals surface area contributed by atoms with Crippen molar-refractivity contribution in [3.63, 3.8) is 0 Å². The van der Waals surface area contributed by atoms with E-state index >= 15 is 0 Å². The number of sulfonamides is 1. The number of amides is 1. The van der Waals surface area contributed by atoms with Crippen LogP contribution in [0.5, 0.6) is 0 Å². The van der Waals surface area contributed by atoms with Gasteiger partial charge in [-0.05, 0) is 61.0 Å². The van der Waals surface area contributed by atoms with Gasteiger partial charge in [0.05, 0.1) is 4.90 Å². The van der Waals surface area contributed by atoms with Crippen molar-refractivity contribution >= 4 is 38.9 Å². The Hall–Kier alpha value is -2.23. The highest BCUT2D eigenvalue weighted by Crippen LogP contribution is 2.22. The minimum atomic E-state index is -3.48. The van der Waals surface area contributed by atoms with E-state index in [0.29, 0.717) is 23.7 Å². The number of thiophene rings is 1. The number of ether oxygens (including phenoxy) is 1. The fraction of sp³-hybridized carbons (Fsp3) is 0.333. The summed E-state index contributed by atoms with van der Waals surface area (Å²) in [7, 11) is -3.48. The van der Waals surface area contributed by atoms with Gasteiger partial charge in [-0.2, -0.15) is 4.31 Å². The molecular weight excluding hydrogens is 388 g/mol. The van der Waals surface area contributed by atoms with Crippen LogP contribution < -0.4 is 5.32 Å². The summed E-state index contributed by atoms with van der Waals surface area (Å²) in [5.41, 5.74) is 1.24. The van der Waals surface area contributed by atoms with Crippen LogP contribution in [0.1, 0.15) is 28.1 Å². The highest BCUT2D eigenvalue weighted by Gasteiger charge is 2.26. The molecule has 0 aliphatic carbocycles. The molecule has 3 rings (SSSR count). The maximum Gasteiger partial charge on any atom is 0.349 e. The van der Waals surface area contributed by atoms with E-state index in [0.717, 1.165) is 18.4 Å².